The number of benzene rings is 3. The summed E-state index contributed by atoms with van der Waals surface area (Å²) in [6.07, 6.45) is 3.24. The molecule has 0 spiro atoms. The lowest BCUT2D eigenvalue weighted by atomic mass is 10.1. The Morgan fingerprint density at radius 2 is 1.37 bits per heavy atom. The second-order valence-corrected chi connectivity index (χ2v) is 11.2. The van der Waals surface area contributed by atoms with E-state index in [9.17, 15) is 12.6 Å². The number of allylic oxidation sites excluding steroid dienone is 2. The Kier molecular flexibility index (Phi) is 6.90. The minimum atomic E-state index is -4.10. The second kappa shape index (κ2) is 9.41. The highest BCUT2D eigenvalue weighted by atomic mass is 32.3. The zero-order chi connectivity index (χ0) is 21.6. The topological polar surface area (TPSA) is 63.6 Å². The van der Waals surface area contributed by atoms with Crippen LogP contribution in [0.5, 0.6) is 0 Å². The van der Waals surface area contributed by atoms with Gasteiger partial charge in [-0.1, -0.05) is 76.1 Å². The first-order chi connectivity index (χ1) is 14.3. The van der Waals surface area contributed by atoms with Gasteiger partial charge in [0.15, 0.2) is 0 Å². The molecule has 0 unspecified atom stereocenters. The molecule has 0 N–H and O–H groups in total. The smallest absolute Gasteiger partial charge is 0.239 e. The first-order valence-electron chi connectivity index (χ1n) is 9.67. The van der Waals surface area contributed by atoms with Crippen LogP contribution in [0, 0.1) is 6.92 Å². The van der Waals surface area contributed by atoms with Gasteiger partial charge in [0.1, 0.15) is 9.73 Å². The highest BCUT2D eigenvalue weighted by molar-refractivity contribution is 8.05. The molecule has 0 radical (unpaired) electrons. The summed E-state index contributed by atoms with van der Waals surface area (Å²) in [7, 11) is -7.42. The van der Waals surface area contributed by atoms with Crippen molar-refractivity contribution in [2.45, 2.75) is 36.5 Å². The van der Waals surface area contributed by atoms with Crippen LogP contribution in [-0.2, 0) is 26.2 Å². The molecule has 3 rings (SSSR count). The molecule has 0 aliphatic carbocycles. The summed E-state index contributed by atoms with van der Waals surface area (Å²) < 4.78 is 43.9. The molecule has 0 fully saturated rings. The molecule has 0 saturated heterocycles. The van der Waals surface area contributed by atoms with Gasteiger partial charge in [0.25, 0.3) is 10.0 Å². The Morgan fingerprint density at radius 3 is 1.97 bits per heavy atom. The quantitative estimate of drug-likeness (QED) is 0.471. The maximum atomic E-state index is 14.0. The van der Waals surface area contributed by atoms with E-state index in [2.05, 4.69) is 3.77 Å². The largest absolute Gasteiger partial charge is 0.290 e. The van der Waals surface area contributed by atoms with Crippen molar-refractivity contribution in [3.05, 3.63) is 107 Å². The van der Waals surface area contributed by atoms with Gasteiger partial charge in [-0.15, -0.1) is 0 Å². The molecule has 4 nitrogen and oxygen atoms in total. The monoisotopic (exact) mass is 439 g/mol. The van der Waals surface area contributed by atoms with Crippen molar-refractivity contribution in [3.8, 4) is 0 Å². The molecule has 0 aromatic heterocycles. The van der Waals surface area contributed by atoms with Crippen LogP contribution in [0.3, 0.4) is 0 Å². The average molecular weight is 440 g/mol. The summed E-state index contributed by atoms with van der Waals surface area (Å²) in [6, 6.07) is 25.0. The predicted octanol–water partition coefficient (Wildman–Crippen LogP) is 5.75. The first-order valence-corrected chi connectivity index (χ1v) is 12.6. The lowest BCUT2D eigenvalue weighted by Gasteiger charge is -2.12. The van der Waals surface area contributed by atoms with Crippen molar-refractivity contribution in [1.29, 1.82) is 0 Å². The van der Waals surface area contributed by atoms with Gasteiger partial charge in [-0.3, -0.25) is 0 Å². The van der Waals surface area contributed by atoms with E-state index in [1.165, 1.54) is 12.1 Å². The second-order valence-electron chi connectivity index (χ2n) is 7.04. The number of hydrogen-bond acceptors (Lipinski definition) is 3. The van der Waals surface area contributed by atoms with Gasteiger partial charge in [0.05, 0.1) is 9.79 Å². The lowest BCUT2D eigenvalue weighted by molar-refractivity contribution is 0.598. The van der Waals surface area contributed by atoms with Crippen LogP contribution in [0.2, 0.25) is 0 Å². The van der Waals surface area contributed by atoms with Crippen LogP contribution in [0.1, 0.15) is 24.5 Å². The number of hydrogen-bond donors (Lipinski definition) is 0. The summed E-state index contributed by atoms with van der Waals surface area (Å²) in [5.74, 6) is 0. The van der Waals surface area contributed by atoms with Gasteiger partial charge in [-0.25, -0.2) is 4.21 Å². The van der Waals surface area contributed by atoms with Gasteiger partial charge in [-0.2, -0.15) is 8.42 Å². The lowest BCUT2D eigenvalue weighted by Crippen LogP contribution is -2.08. The summed E-state index contributed by atoms with van der Waals surface area (Å²) in [5.41, 5.74) is 2.10. The summed E-state index contributed by atoms with van der Waals surface area (Å²) in [6.45, 7) is 3.56. The Morgan fingerprint density at radius 1 is 0.800 bits per heavy atom. The van der Waals surface area contributed by atoms with Gasteiger partial charge < -0.3 is 0 Å². The Labute approximate surface area is 179 Å². The standard InChI is InChI=1S/C24H25NO3S2/c1-20-16-18-24(19-17-20)30(27,28)25-29(26,23-14-7-4-8-15-23)21(2)10-9-13-22-11-5-3-6-12-22/h3-8,10-12,14-19H,9,13H2,1-2H3/b21-10+/t29-/m1/s1. The fourth-order valence-electron chi connectivity index (χ4n) is 2.98. The highest BCUT2D eigenvalue weighted by Crippen LogP contribution is 2.26. The van der Waals surface area contributed by atoms with Crippen LogP contribution >= 0.6 is 0 Å². The highest BCUT2D eigenvalue weighted by Gasteiger charge is 2.22. The molecule has 30 heavy (non-hydrogen) atoms. The molecule has 0 aliphatic rings. The van der Waals surface area contributed by atoms with Crippen LogP contribution in [0.25, 0.3) is 0 Å². The summed E-state index contributed by atoms with van der Waals surface area (Å²) in [4.78, 5) is 0.864. The van der Waals surface area contributed by atoms with Gasteiger partial charge in [0, 0.05) is 4.91 Å². The maximum absolute atomic E-state index is 14.0. The van der Waals surface area contributed by atoms with Gasteiger partial charge in [-0.05, 0) is 56.5 Å². The fourth-order valence-corrected chi connectivity index (χ4v) is 6.97. The van der Waals surface area contributed by atoms with E-state index >= 15 is 0 Å². The zero-order valence-electron chi connectivity index (χ0n) is 17.1. The van der Waals surface area contributed by atoms with E-state index in [0.29, 0.717) is 16.2 Å². The van der Waals surface area contributed by atoms with Crippen LogP contribution in [0.4, 0.5) is 0 Å². The van der Waals surface area contributed by atoms with Crippen molar-refractivity contribution in [2.24, 2.45) is 3.77 Å². The minimum absolute atomic E-state index is 0.0360. The normalized spacial score (nSPS) is 14.1. The van der Waals surface area contributed by atoms with Gasteiger partial charge in [0.2, 0.25) is 0 Å². The fraction of sp³-hybridized carbons (Fsp3) is 0.167. The Balaban J connectivity index is 2.03. The average Bonchev–Trinajstić information content (AvgIpc) is 2.75. The number of rotatable bonds is 7. The van der Waals surface area contributed by atoms with E-state index in [4.69, 9.17) is 0 Å². The molecule has 0 bridgehead atoms. The molecule has 6 heteroatoms. The predicted molar refractivity (Wildman–Crippen MR) is 122 cm³/mol. The van der Waals surface area contributed by atoms with Crippen molar-refractivity contribution in [1.82, 2.24) is 0 Å². The van der Waals surface area contributed by atoms with Crippen LogP contribution in [0.15, 0.2) is 109 Å². The van der Waals surface area contributed by atoms with E-state index in [1.54, 1.807) is 49.4 Å². The zero-order valence-corrected chi connectivity index (χ0v) is 18.7. The first kappa shape index (κ1) is 22.0. The van der Waals surface area contributed by atoms with Gasteiger partial charge >= 0.3 is 0 Å². The molecule has 0 heterocycles. The molecular formula is C24H25NO3S2. The van der Waals surface area contributed by atoms with Crippen molar-refractivity contribution in [2.75, 3.05) is 0 Å². The number of nitrogens with zero attached hydrogens (tertiary/aromatic N) is 1. The Bertz CT molecular complexity index is 1240. The molecule has 1 atom stereocenters. The molecule has 0 amide bonds. The third kappa shape index (κ3) is 5.26. The minimum Gasteiger partial charge on any atom is -0.239 e. The summed E-state index contributed by atoms with van der Waals surface area (Å²) in [5, 5.41) is 0. The number of sulfonamides is 1. The maximum Gasteiger partial charge on any atom is 0.290 e. The molecule has 0 saturated carbocycles. The third-order valence-corrected chi connectivity index (χ3v) is 9.17. The van der Waals surface area contributed by atoms with E-state index in [-0.39, 0.29) is 4.90 Å². The van der Waals surface area contributed by atoms with Crippen LogP contribution in [-0.4, -0.2) is 12.6 Å². The molecule has 156 valence electrons. The van der Waals surface area contributed by atoms with Crippen molar-refractivity contribution >= 4 is 19.8 Å². The Hall–Kier alpha value is -2.70. The van der Waals surface area contributed by atoms with Crippen molar-refractivity contribution < 1.29 is 12.6 Å². The van der Waals surface area contributed by atoms with Crippen molar-refractivity contribution in [3.63, 3.8) is 0 Å². The van der Waals surface area contributed by atoms with Crippen LogP contribution < -0.4 is 0 Å². The van der Waals surface area contributed by atoms with E-state index < -0.39 is 19.8 Å². The summed E-state index contributed by atoms with van der Waals surface area (Å²) >= 11 is 0. The molecular weight excluding hydrogens is 414 g/mol. The molecule has 0 aliphatic heterocycles. The SMILES string of the molecule is C/C(=C\CCc1ccccc1)[S@](=O)(=NS(=O)(=O)c1ccc(C)cc1)c1ccccc1. The molecule has 3 aromatic rings. The number of aryl methyl sites for hydroxylation is 2. The molecule has 3 aromatic carbocycles. The van der Waals surface area contributed by atoms with E-state index in [1.807, 2.05) is 43.3 Å². The van der Waals surface area contributed by atoms with E-state index in [0.717, 1.165) is 17.5 Å². The third-order valence-electron chi connectivity index (χ3n) is 4.73.